The summed E-state index contributed by atoms with van der Waals surface area (Å²) >= 11 is 0. The molecule has 0 saturated heterocycles. The van der Waals surface area contributed by atoms with Gasteiger partial charge >= 0.3 is 0 Å². The number of imidazole rings is 1. The molecule has 1 aromatic heterocycles. The van der Waals surface area contributed by atoms with Crippen molar-refractivity contribution in [1.29, 1.82) is 0 Å². The third kappa shape index (κ3) is 2.83. The minimum atomic E-state index is -3.56. The number of sulfonamides is 1. The Morgan fingerprint density at radius 1 is 1.37 bits per heavy atom. The van der Waals surface area contributed by atoms with Crippen LogP contribution in [0.3, 0.4) is 0 Å². The number of aromatic amines is 1. The first kappa shape index (κ1) is 13.7. The predicted molar refractivity (Wildman–Crippen MR) is 71.6 cm³/mol. The Hall–Kier alpha value is -1.70. The third-order valence-corrected chi connectivity index (χ3v) is 4.71. The van der Waals surface area contributed by atoms with Crippen LogP contribution in [0.25, 0.3) is 0 Å². The lowest BCUT2D eigenvalue weighted by Crippen LogP contribution is -2.28. The second kappa shape index (κ2) is 5.52. The maximum absolute atomic E-state index is 12.5. The smallest absolute Gasteiger partial charge is 0.243 e. The summed E-state index contributed by atoms with van der Waals surface area (Å²) in [5, 5.41) is 0. The molecule has 19 heavy (non-hydrogen) atoms. The number of H-pyrrole nitrogens is 1. The first-order valence-electron chi connectivity index (χ1n) is 5.78. The van der Waals surface area contributed by atoms with Crippen LogP contribution in [-0.2, 0) is 23.1 Å². The Kier molecular flexibility index (Phi) is 3.98. The molecule has 0 aliphatic heterocycles. The van der Waals surface area contributed by atoms with Crippen molar-refractivity contribution in [3.05, 3.63) is 48.0 Å². The fourth-order valence-electron chi connectivity index (χ4n) is 1.77. The Balaban J connectivity index is 2.31. The number of hydrogen-bond acceptors (Lipinski definition) is 4. The van der Waals surface area contributed by atoms with Crippen molar-refractivity contribution in [2.24, 2.45) is 5.73 Å². The van der Waals surface area contributed by atoms with Crippen LogP contribution in [0.2, 0.25) is 0 Å². The molecule has 0 bridgehead atoms. The van der Waals surface area contributed by atoms with Gasteiger partial charge in [-0.3, -0.25) is 0 Å². The van der Waals surface area contributed by atoms with Crippen LogP contribution >= 0.6 is 0 Å². The van der Waals surface area contributed by atoms with Gasteiger partial charge in [0.25, 0.3) is 0 Å². The van der Waals surface area contributed by atoms with Gasteiger partial charge in [0.2, 0.25) is 10.0 Å². The molecule has 0 unspecified atom stereocenters. The fourth-order valence-corrected chi connectivity index (χ4v) is 3.13. The van der Waals surface area contributed by atoms with E-state index in [1.807, 2.05) is 0 Å². The quantitative estimate of drug-likeness (QED) is 0.842. The Morgan fingerprint density at radius 3 is 2.74 bits per heavy atom. The van der Waals surface area contributed by atoms with Crippen LogP contribution in [-0.4, -0.2) is 29.7 Å². The van der Waals surface area contributed by atoms with Gasteiger partial charge in [-0.05, 0) is 11.6 Å². The predicted octanol–water partition coefficient (Wildman–Crippen LogP) is 0.689. The molecule has 0 saturated carbocycles. The topological polar surface area (TPSA) is 92.1 Å². The first-order chi connectivity index (χ1) is 9.05. The molecule has 0 spiro atoms. The van der Waals surface area contributed by atoms with Gasteiger partial charge < -0.3 is 10.7 Å². The van der Waals surface area contributed by atoms with Crippen molar-refractivity contribution in [3.63, 3.8) is 0 Å². The van der Waals surface area contributed by atoms with Gasteiger partial charge in [0.15, 0.2) is 0 Å². The lowest BCUT2D eigenvalue weighted by atomic mass is 10.2. The molecule has 0 atom stereocenters. The van der Waals surface area contributed by atoms with Gasteiger partial charge in [0.1, 0.15) is 5.82 Å². The molecule has 2 rings (SSSR count). The average Bonchev–Trinajstić information content (AvgIpc) is 2.91. The van der Waals surface area contributed by atoms with Crippen molar-refractivity contribution in [3.8, 4) is 0 Å². The van der Waals surface area contributed by atoms with E-state index in [0.717, 1.165) is 0 Å². The molecule has 0 aliphatic rings. The molecule has 7 heteroatoms. The van der Waals surface area contributed by atoms with Gasteiger partial charge in [-0.15, -0.1) is 0 Å². The minimum Gasteiger partial charge on any atom is -0.347 e. The molecule has 6 nitrogen and oxygen atoms in total. The van der Waals surface area contributed by atoms with Crippen molar-refractivity contribution in [2.75, 3.05) is 7.05 Å². The molecule has 0 fully saturated rings. The second-order valence-corrected chi connectivity index (χ2v) is 6.12. The Labute approximate surface area is 112 Å². The number of nitrogens with zero attached hydrogens (tertiary/aromatic N) is 2. The summed E-state index contributed by atoms with van der Waals surface area (Å²) in [4.78, 5) is 7.14. The first-order valence-corrected chi connectivity index (χ1v) is 7.22. The highest BCUT2D eigenvalue weighted by molar-refractivity contribution is 7.89. The zero-order valence-corrected chi connectivity index (χ0v) is 11.4. The molecule has 1 heterocycles. The molecule has 2 aromatic rings. The SMILES string of the molecule is CN(Cc1ncc[nH]1)S(=O)(=O)c1ccccc1CN. The zero-order chi connectivity index (χ0) is 13.9. The van der Waals surface area contributed by atoms with Crippen molar-refractivity contribution < 1.29 is 8.42 Å². The number of nitrogens with one attached hydrogen (secondary N) is 1. The van der Waals surface area contributed by atoms with E-state index >= 15 is 0 Å². The summed E-state index contributed by atoms with van der Waals surface area (Å²) in [6.45, 7) is 0.373. The van der Waals surface area contributed by atoms with E-state index in [1.165, 1.54) is 11.4 Å². The lowest BCUT2D eigenvalue weighted by molar-refractivity contribution is 0.457. The average molecular weight is 280 g/mol. The monoisotopic (exact) mass is 280 g/mol. The summed E-state index contributed by atoms with van der Waals surface area (Å²) in [5.74, 6) is 0.594. The van der Waals surface area contributed by atoms with Crippen molar-refractivity contribution in [2.45, 2.75) is 18.0 Å². The highest BCUT2D eigenvalue weighted by Gasteiger charge is 2.23. The van der Waals surface area contributed by atoms with E-state index < -0.39 is 10.0 Å². The zero-order valence-electron chi connectivity index (χ0n) is 10.6. The summed E-state index contributed by atoms with van der Waals surface area (Å²) in [5.41, 5.74) is 6.19. The van der Waals surface area contributed by atoms with Gasteiger partial charge in [-0.2, -0.15) is 4.31 Å². The van der Waals surface area contributed by atoms with Gasteiger partial charge in [0.05, 0.1) is 11.4 Å². The normalized spacial score (nSPS) is 11.9. The Bertz CT molecular complexity index is 638. The van der Waals surface area contributed by atoms with Crippen LogP contribution in [0.15, 0.2) is 41.6 Å². The molecular weight excluding hydrogens is 264 g/mol. The van der Waals surface area contributed by atoms with E-state index in [9.17, 15) is 8.42 Å². The lowest BCUT2D eigenvalue weighted by Gasteiger charge is -2.17. The highest BCUT2D eigenvalue weighted by Crippen LogP contribution is 2.19. The number of hydrogen-bond donors (Lipinski definition) is 2. The number of aromatic nitrogens is 2. The van der Waals surface area contributed by atoms with E-state index in [2.05, 4.69) is 9.97 Å². The van der Waals surface area contributed by atoms with E-state index in [1.54, 1.807) is 36.7 Å². The van der Waals surface area contributed by atoms with Crippen LogP contribution in [0.5, 0.6) is 0 Å². The maximum Gasteiger partial charge on any atom is 0.243 e. The molecule has 0 aliphatic carbocycles. The fraction of sp³-hybridized carbons (Fsp3) is 0.250. The molecule has 3 N–H and O–H groups in total. The summed E-state index contributed by atoms with van der Waals surface area (Å²) < 4.78 is 26.2. The van der Waals surface area contributed by atoms with Gasteiger partial charge in [0, 0.05) is 26.0 Å². The van der Waals surface area contributed by atoms with Crippen molar-refractivity contribution in [1.82, 2.24) is 14.3 Å². The van der Waals surface area contributed by atoms with Gasteiger partial charge in [-0.1, -0.05) is 18.2 Å². The van der Waals surface area contributed by atoms with E-state index in [-0.39, 0.29) is 18.0 Å². The van der Waals surface area contributed by atoms with Crippen LogP contribution in [0.1, 0.15) is 11.4 Å². The molecule has 102 valence electrons. The maximum atomic E-state index is 12.5. The van der Waals surface area contributed by atoms with Crippen LogP contribution in [0.4, 0.5) is 0 Å². The molecule has 0 radical (unpaired) electrons. The molecule has 1 aromatic carbocycles. The van der Waals surface area contributed by atoms with Crippen LogP contribution in [0, 0.1) is 0 Å². The van der Waals surface area contributed by atoms with E-state index in [0.29, 0.717) is 11.4 Å². The van der Waals surface area contributed by atoms with E-state index in [4.69, 9.17) is 5.73 Å². The van der Waals surface area contributed by atoms with Gasteiger partial charge in [-0.25, -0.2) is 13.4 Å². The summed E-state index contributed by atoms with van der Waals surface area (Å²) in [7, 11) is -2.05. The minimum absolute atomic E-state index is 0.185. The third-order valence-electron chi connectivity index (χ3n) is 2.81. The molecular formula is C12H16N4O2S. The number of rotatable bonds is 5. The number of benzene rings is 1. The highest BCUT2D eigenvalue weighted by atomic mass is 32.2. The summed E-state index contributed by atoms with van der Waals surface area (Å²) in [6, 6.07) is 6.74. The van der Waals surface area contributed by atoms with Crippen LogP contribution < -0.4 is 5.73 Å². The summed E-state index contributed by atoms with van der Waals surface area (Å²) in [6.07, 6.45) is 3.24. The van der Waals surface area contributed by atoms with Crippen molar-refractivity contribution >= 4 is 10.0 Å². The Morgan fingerprint density at radius 2 is 2.11 bits per heavy atom. The number of nitrogens with two attached hydrogens (primary N) is 1. The standard InChI is InChI=1S/C12H16N4O2S/c1-16(9-12-14-6-7-15-12)19(17,18)11-5-3-2-4-10(11)8-13/h2-7H,8-9,13H2,1H3,(H,14,15). The molecule has 0 amide bonds. The second-order valence-electron chi connectivity index (χ2n) is 4.11. The largest absolute Gasteiger partial charge is 0.347 e.